The van der Waals surface area contributed by atoms with Crippen molar-refractivity contribution in [2.75, 3.05) is 13.2 Å². The van der Waals surface area contributed by atoms with Crippen LogP contribution in [0.3, 0.4) is 0 Å². The molecule has 1 saturated carbocycles. The molecule has 1 heterocycles. The van der Waals surface area contributed by atoms with Crippen LogP contribution in [0.15, 0.2) is 0 Å². The predicted octanol–water partition coefficient (Wildman–Crippen LogP) is 5.59. The second kappa shape index (κ2) is 14.0. The van der Waals surface area contributed by atoms with E-state index < -0.39 is 11.8 Å². The van der Waals surface area contributed by atoms with E-state index in [0.717, 1.165) is 32.1 Å². The Hall–Kier alpha value is -1.10. The second-order valence-corrected chi connectivity index (χ2v) is 8.72. The summed E-state index contributed by atoms with van der Waals surface area (Å²) in [7, 11) is 0. The number of epoxide rings is 1. The smallest absolute Gasteiger partial charge is 0.312 e. The first kappa shape index (κ1) is 24.2. The summed E-state index contributed by atoms with van der Waals surface area (Å²) in [5.41, 5.74) is 0. The zero-order chi connectivity index (χ0) is 20.9. The standard InChI is InChI=1S/C24H42O5/c1-3-5-7-9-11-13-17-27-23(25)19-15-16-20-22(29-20)21(19)24(26)28-18-14-12-10-8-6-4-2/h19-22H,3-18H2,1-2H3. The fourth-order valence-electron chi connectivity index (χ4n) is 4.33. The van der Waals surface area contributed by atoms with Crippen LogP contribution in [0.1, 0.15) is 104 Å². The number of unbranched alkanes of at least 4 members (excludes halogenated alkanes) is 10. The number of hydrogen-bond donors (Lipinski definition) is 0. The Kier molecular flexibility index (Phi) is 11.7. The summed E-state index contributed by atoms with van der Waals surface area (Å²) in [5.74, 6) is -1.40. The van der Waals surface area contributed by atoms with Gasteiger partial charge in [0.25, 0.3) is 0 Å². The van der Waals surface area contributed by atoms with Gasteiger partial charge < -0.3 is 14.2 Å². The lowest BCUT2D eigenvalue weighted by atomic mass is 9.79. The first-order valence-corrected chi connectivity index (χ1v) is 12.2. The Labute approximate surface area is 177 Å². The van der Waals surface area contributed by atoms with Crippen LogP contribution in [-0.2, 0) is 23.8 Å². The molecule has 2 fully saturated rings. The molecule has 1 aliphatic heterocycles. The molecule has 1 aliphatic carbocycles. The Morgan fingerprint density at radius 2 is 1.24 bits per heavy atom. The Morgan fingerprint density at radius 3 is 1.83 bits per heavy atom. The summed E-state index contributed by atoms with van der Waals surface area (Å²) in [6.07, 6.45) is 15.3. The van der Waals surface area contributed by atoms with Gasteiger partial charge in [-0.25, -0.2) is 0 Å². The average molecular weight is 411 g/mol. The molecular weight excluding hydrogens is 368 g/mol. The topological polar surface area (TPSA) is 65.1 Å². The monoisotopic (exact) mass is 410 g/mol. The molecule has 168 valence electrons. The molecule has 0 amide bonds. The molecular formula is C24H42O5. The average Bonchev–Trinajstić information content (AvgIpc) is 3.51. The van der Waals surface area contributed by atoms with Crippen molar-refractivity contribution in [3.05, 3.63) is 0 Å². The first-order valence-electron chi connectivity index (χ1n) is 12.2. The van der Waals surface area contributed by atoms with Crippen molar-refractivity contribution in [3.8, 4) is 0 Å². The number of carbonyl (C=O) groups is 2. The van der Waals surface area contributed by atoms with Gasteiger partial charge in [0.2, 0.25) is 0 Å². The van der Waals surface area contributed by atoms with Crippen molar-refractivity contribution in [3.63, 3.8) is 0 Å². The van der Waals surface area contributed by atoms with Crippen LogP contribution in [-0.4, -0.2) is 37.4 Å². The molecule has 2 rings (SSSR count). The van der Waals surface area contributed by atoms with E-state index in [0.29, 0.717) is 19.6 Å². The summed E-state index contributed by atoms with van der Waals surface area (Å²) in [4.78, 5) is 25.3. The van der Waals surface area contributed by atoms with Crippen LogP contribution in [0.5, 0.6) is 0 Å². The van der Waals surface area contributed by atoms with Crippen LogP contribution in [0.4, 0.5) is 0 Å². The van der Waals surface area contributed by atoms with Gasteiger partial charge in [-0.15, -0.1) is 0 Å². The summed E-state index contributed by atoms with van der Waals surface area (Å²) in [6, 6.07) is 0. The van der Waals surface area contributed by atoms with Gasteiger partial charge in [-0.05, 0) is 25.7 Å². The Bertz CT molecular complexity index is 478. The molecule has 0 radical (unpaired) electrons. The van der Waals surface area contributed by atoms with E-state index in [9.17, 15) is 9.59 Å². The molecule has 5 nitrogen and oxygen atoms in total. The number of ether oxygens (including phenoxy) is 3. The molecule has 1 saturated heterocycles. The number of esters is 2. The molecule has 4 unspecified atom stereocenters. The number of carbonyl (C=O) groups excluding carboxylic acids is 2. The van der Waals surface area contributed by atoms with Crippen molar-refractivity contribution in [2.24, 2.45) is 11.8 Å². The molecule has 0 aromatic carbocycles. The predicted molar refractivity (Wildman–Crippen MR) is 114 cm³/mol. The third kappa shape index (κ3) is 8.65. The minimum Gasteiger partial charge on any atom is -0.465 e. The molecule has 0 aromatic rings. The zero-order valence-corrected chi connectivity index (χ0v) is 18.7. The number of fused-ring (bicyclic) bond motifs is 1. The van der Waals surface area contributed by atoms with Gasteiger partial charge in [0.1, 0.15) is 0 Å². The highest BCUT2D eigenvalue weighted by atomic mass is 16.6. The lowest BCUT2D eigenvalue weighted by Crippen LogP contribution is -2.39. The van der Waals surface area contributed by atoms with Crippen LogP contribution in [0, 0.1) is 11.8 Å². The fourth-order valence-corrected chi connectivity index (χ4v) is 4.33. The van der Waals surface area contributed by atoms with E-state index in [1.54, 1.807) is 0 Å². The van der Waals surface area contributed by atoms with Crippen LogP contribution < -0.4 is 0 Å². The summed E-state index contributed by atoms with van der Waals surface area (Å²) < 4.78 is 16.7. The minimum atomic E-state index is -0.481. The van der Waals surface area contributed by atoms with E-state index in [4.69, 9.17) is 14.2 Å². The lowest BCUT2D eigenvalue weighted by molar-refractivity contribution is -0.162. The largest absolute Gasteiger partial charge is 0.465 e. The Balaban J connectivity index is 1.66. The van der Waals surface area contributed by atoms with Gasteiger partial charge in [0.05, 0.1) is 37.3 Å². The molecule has 0 spiro atoms. The minimum absolute atomic E-state index is 0.129. The number of rotatable bonds is 16. The first-order chi connectivity index (χ1) is 14.2. The molecule has 5 heteroatoms. The summed E-state index contributed by atoms with van der Waals surface area (Å²) in [5, 5.41) is 0. The maximum absolute atomic E-state index is 12.7. The van der Waals surface area contributed by atoms with Gasteiger partial charge in [-0.3, -0.25) is 9.59 Å². The lowest BCUT2D eigenvalue weighted by Gasteiger charge is -2.25. The van der Waals surface area contributed by atoms with Crippen molar-refractivity contribution >= 4 is 11.9 Å². The van der Waals surface area contributed by atoms with Crippen molar-refractivity contribution in [1.82, 2.24) is 0 Å². The van der Waals surface area contributed by atoms with Crippen molar-refractivity contribution in [1.29, 1.82) is 0 Å². The molecule has 0 N–H and O–H groups in total. The van der Waals surface area contributed by atoms with Crippen LogP contribution >= 0.6 is 0 Å². The number of hydrogen-bond acceptors (Lipinski definition) is 5. The van der Waals surface area contributed by atoms with Crippen LogP contribution in [0.2, 0.25) is 0 Å². The quantitative estimate of drug-likeness (QED) is 0.189. The normalized spacial score (nSPS) is 25.3. The van der Waals surface area contributed by atoms with E-state index in [1.165, 1.54) is 51.4 Å². The third-order valence-electron chi connectivity index (χ3n) is 6.23. The molecule has 0 bridgehead atoms. The van der Waals surface area contributed by atoms with Crippen molar-refractivity contribution in [2.45, 2.75) is 116 Å². The maximum Gasteiger partial charge on any atom is 0.312 e. The highest BCUT2D eigenvalue weighted by Gasteiger charge is 2.57. The van der Waals surface area contributed by atoms with Gasteiger partial charge >= 0.3 is 11.9 Å². The zero-order valence-electron chi connectivity index (χ0n) is 18.7. The van der Waals surface area contributed by atoms with E-state index in [-0.39, 0.29) is 24.1 Å². The Morgan fingerprint density at radius 1 is 0.724 bits per heavy atom. The summed E-state index contributed by atoms with van der Waals surface area (Å²) >= 11 is 0. The van der Waals surface area contributed by atoms with Gasteiger partial charge in [-0.1, -0.05) is 78.1 Å². The SMILES string of the molecule is CCCCCCCCOC(=O)C1CCC2OC2C1C(=O)OCCCCCCCC. The third-order valence-corrected chi connectivity index (χ3v) is 6.23. The van der Waals surface area contributed by atoms with Gasteiger partial charge in [0.15, 0.2) is 0 Å². The fraction of sp³-hybridized carbons (Fsp3) is 0.917. The van der Waals surface area contributed by atoms with E-state index in [2.05, 4.69) is 13.8 Å². The second-order valence-electron chi connectivity index (χ2n) is 8.72. The van der Waals surface area contributed by atoms with Gasteiger partial charge in [-0.2, -0.15) is 0 Å². The molecule has 2 aliphatic rings. The molecule has 4 atom stereocenters. The van der Waals surface area contributed by atoms with E-state index in [1.807, 2.05) is 0 Å². The molecule has 29 heavy (non-hydrogen) atoms. The summed E-state index contributed by atoms with van der Waals surface area (Å²) in [6.45, 7) is 5.30. The maximum atomic E-state index is 12.7. The van der Waals surface area contributed by atoms with Crippen molar-refractivity contribution < 1.29 is 23.8 Å². The van der Waals surface area contributed by atoms with Gasteiger partial charge in [0, 0.05) is 0 Å². The molecule has 0 aromatic heterocycles. The highest BCUT2D eigenvalue weighted by Crippen LogP contribution is 2.45. The van der Waals surface area contributed by atoms with Crippen LogP contribution in [0.25, 0.3) is 0 Å². The van der Waals surface area contributed by atoms with E-state index >= 15 is 0 Å². The highest BCUT2D eigenvalue weighted by molar-refractivity contribution is 5.83.